The number of hydrogen-bond donors (Lipinski definition) is 0. The van der Waals surface area contributed by atoms with Crippen LogP contribution < -0.4 is 0 Å². The van der Waals surface area contributed by atoms with Gasteiger partial charge < -0.3 is 4.74 Å². The summed E-state index contributed by atoms with van der Waals surface area (Å²) in [6.45, 7) is 0.335. The molecule has 2 aromatic carbocycles. The number of hydrogen-bond acceptors (Lipinski definition) is 5. The lowest BCUT2D eigenvalue weighted by Gasteiger charge is -2.15. The molecule has 6 nitrogen and oxygen atoms in total. The fraction of sp³-hybridized carbons (Fsp3) is 0.263. The van der Waals surface area contributed by atoms with Gasteiger partial charge in [-0.3, -0.25) is 4.79 Å². The number of sulfonamides is 1. The highest BCUT2D eigenvalue weighted by molar-refractivity contribution is 7.89. The highest BCUT2D eigenvalue weighted by Gasteiger charge is 2.27. The number of rotatable bonds is 6. The van der Waals surface area contributed by atoms with E-state index in [0.29, 0.717) is 19.2 Å². The van der Waals surface area contributed by atoms with Gasteiger partial charge in [-0.25, -0.2) is 22.0 Å². The van der Waals surface area contributed by atoms with E-state index in [2.05, 4.69) is 0 Å². The number of esters is 1. The van der Waals surface area contributed by atoms with Gasteiger partial charge in [0.1, 0.15) is 0 Å². The van der Waals surface area contributed by atoms with E-state index in [1.807, 2.05) is 0 Å². The van der Waals surface area contributed by atoms with Gasteiger partial charge in [0.2, 0.25) is 10.0 Å². The molecule has 2 aromatic rings. The van der Waals surface area contributed by atoms with E-state index in [1.165, 1.54) is 28.6 Å². The fourth-order valence-corrected chi connectivity index (χ4v) is 4.33. The molecule has 0 atom stereocenters. The summed E-state index contributed by atoms with van der Waals surface area (Å²) in [6, 6.07) is 7.86. The quantitative estimate of drug-likeness (QED) is 0.541. The van der Waals surface area contributed by atoms with Gasteiger partial charge in [0.05, 0.1) is 10.5 Å². The first-order valence-electron chi connectivity index (χ1n) is 8.54. The highest BCUT2D eigenvalue weighted by Crippen LogP contribution is 2.21. The van der Waals surface area contributed by atoms with Crippen molar-refractivity contribution in [3.63, 3.8) is 0 Å². The number of benzene rings is 2. The molecule has 1 saturated heterocycles. The molecule has 1 aliphatic heterocycles. The van der Waals surface area contributed by atoms with Gasteiger partial charge in [0.15, 0.2) is 24.0 Å². The Balaban J connectivity index is 1.63. The van der Waals surface area contributed by atoms with Crippen molar-refractivity contribution in [1.29, 1.82) is 0 Å². The lowest BCUT2D eigenvalue weighted by atomic mass is 10.1. The Morgan fingerprint density at radius 3 is 2.14 bits per heavy atom. The van der Waals surface area contributed by atoms with Crippen molar-refractivity contribution in [2.45, 2.75) is 17.7 Å². The molecule has 0 radical (unpaired) electrons. The van der Waals surface area contributed by atoms with Crippen molar-refractivity contribution in [2.24, 2.45) is 0 Å². The lowest BCUT2D eigenvalue weighted by molar-refractivity contribution is 0.0474. The van der Waals surface area contributed by atoms with Gasteiger partial charge >= 0.3 is 5.97 Å². The topological polar surface area (TPSA) is 80.8 Å². The molecule has 9 heteroatoms. The van der Waals surface area contributed by atoms with Crippen LogP contribution in [0.15, 0.2) is 47.4 Å². The Hall–Kier alpha value is -2.65. The fourth-order valence-electron chi connectivity index (χ4n) is 2.81. The van der Waals surface area contributed by atoms with E-state index < -0.39 is 40.0 Å². The van der Waals surface area contributed by atoms with Crippen LogP contribution in [0, 0.1) is 11.6 Å². The molecule has 0 bridgehead atoms. The van der Waals surface area contributed by atoms with Crippen LogP contribution in [-0.2, 0) is 14.8 Å². The molecule has 1 aliphatic rings. The summed E-state index contributed by atoms with van der Waals surface area (Å²) >= 11 is 0. The SMILES string of the molecule is O=C(COC(=O)c1ccc(F)c(F)c1)c1ccc(S(=O)(=O)N2CCCC2)cc1. The lowest BCUT2D eigenvalue weighted by Crippen LogP contribution is -2.27. The minimum atomic E-state index is -3.58. The Morgan fingerprint density at radius 2 is 1.54 bits per heavy atom. The second kappa shape index (κ2) is 8.15. The van der Waals surface area contributed by atoms with Crippen molar-refractivity contribution < 1.29 is 31.5 Å². The third-order valence-corrected chi connectivity index (χ3v) is 6.28. The van der Waals surface area contributed by atoms with Gasteiger partial charge in [-0.05, 0) is 55.3 Å². The molecular weight excluding hydrogens is 392 g/mol. The van der Waals surface area contributed by atoms with Crippen LogP contribution in [0.4, 0.5) is 8.78 Å². The van der Waals surface area contributed by atoms with Gasteiger partial charge in [-0.15, -0.1) is 0 Å². The first kappa shape index (κ1) is 20.1. The Labute approximate surface area is 160 Å². The van der Waals surface area contributed by atoms with E-state index >= 15 is 0 Å². The van der Waals surface area contributed by atoms with E-state index in [0.717, 1.165) is 25.0 Å². The molecule has 148 valence electrons. The van der Waals surface area contributed by atoms with Crippen LogP contribution in [-0.4, -0.2) is 44.2 Å². The van der Waals surface area contributed by atoms with Crippen molar-refractivity contribution in [3.8, 4) is 0 Å². The molecule has 0 saturated carbocycles. The molecule has 0 unspecified atom stereocenters. The second-order valence-corrected chi connectivity index (χ2v) is 8.20. The maximum atomic E-state index is 13.1. The average molecular weight is 409 g/mol. The second-order valence-electron chi connectivity index (χ2n) is 6.26. The largest absolute Gasteiger partial charge is 0.454 e. The number of carbonyl (C=O) groups is 2. The summed E-state index contributed by atoms with van der Waals surface area (Å²) in [4.78, 5) is 24.1. The first-order chi connectivity index (χ1) is 13.3. The minimum absolute atomic E-state index is 0.0877. The summed E-state index contributed by atoms with van der Waals surface area (Å²) in [6.07, 6.45) is 1.64. The van der Waals surface area contributed by atoms with Crippen LogP contribution in [0.25, 0.3) is 0 Å². The van der Waals surface area contributed by atoms with E-state index in [-0.39, 0.29) is 16.0 Å². The van der Waals surface area contributed by atoms with Crippen LogP contribution in [0.1, 0.15) is 33.6 Å². The number of carbonyl (C=O) groups excluding carboxylic acids is 2. The van der Waals surface area contributed by atoms with Gasteiger partial charge in [0, 0.05) is 18.7 Å². The van der Waals surface area contributed by atoms with Crippen LogP contribution >= 0.6 is 0 Å². The van der Waals surface area contributed by atoms with Gasteiger partial charge in [-0.2, -0.15) is 4.31 Å². The predicted molar refractivity (Wildman–Crippen MR) is 95.4 cm³/mol. The van der Waals surface area contributed by atoms with E-state index in [4.69, 9.17) is 4.74 Å². The number of Topliss-reactive ketones (excluding diaryl/α,β-unsaturated/α-hetero) is 1. The summed E-state index contributed by atoms with van der Waals surface area (Å²) in [5.41, 5.74) is -0.0581. The zero-order chi connectivity index (χ0) is 20.3. The van der Waals surface area contributed by atoms with E-state index in [9.17, 15) is 26.8 Å². The van der Waals surface area contributed by atoms with Crippen molar-refractivity contribution in [3.05, 3.63) is 65.2 Å². The Kier molecular flexibility index (Phi) is 5.85. The molecular formula is C19H17F2NO5S. The third-order valence-electron chi connectivity index (χ3n) is 4.37. The van der Waals surface area contributed by atoms with Gasteiger partial charge in [-0.1, -0.05) is 0 Å². The van der Waals surface area contributed by atoms with Crippen LogP contribution in [0.2, 0.25) is 0 Å². The molecule has 1 heterocycles. The maximum absolute atomic E-state index is 13.1. The van der Waals surface area contributed by atoms with Gasteiger partial charge in [0.25, 0.3) is 0 Å². The summed E-state index contributed by atoms with van der Waals surface area (Å²) in [7, 11) is -3.58. The predicted octanol–water partition coefficient (Wildman–Crippen LogP) is 2.79. The highest BCUT2D eigenvalue weighted by atomic mass is 32.2. The normalized spacial score (nSPS) is 14.8. The molecule has 1 fully saturated rings. The Bertz CT molecular complexity index is 999. The molecule has 0 aromatic heterocycles. The summed E-state index contributed by atoms with van der Waals surface area (Å²) < 4.78 is 57.1. The first-order valence-corrected chi connectivity index (χ1v) is 9.98. The zero-order valence-electron chi connectivity index (χ0n) is 14.7. The zero-order valence-corrected chi connectivity index (χ0v) is 15.5. The Morgan fingerprint density at radius 1 is 0.929 bits per heavy atom. The summed E-state index contributed by atoms with van der Waals surface area (Å²) in [5, 5.41) is 0. The van der Waals surface area contributed by atoms with Crippen LogP contribution in [0.5, 0.6) is 0 Å². The number of ketones is 1. The van der Waals surface area contributed by atoms with Crippen molar-refractivity contribution in [2.75, 3.05) is 19.7 Å². The standard InChI is InChI=1S/C19H17F2NO5S/c20-16-8-5-14(11-17(16)21)19(24)27-12-18(23)13-3-6-15(7-4-13)28(25,26)22-9-1-2-10-22/h3-8,11H,1-2,9-10,12H2. The van der Waals surface area contributed by atoms with Crippen LogP contribution in [0.3, 0.4) is 0 Å². The molecule has 0 aliphatic carbocycles. The third kappa shape index (κ3) is 4.26. The molecule has 0 spiro atoms. The summed E-state index contributed by atoms with van der Waals surface area (Å²) in [5.74, 6) is -3.83. The molecule has 28 heavy (non-hydrogen) atoms. The van der Waals surface area contributed by atoms with Crippen molar-refractivity contribution >= 4 is 21.8 Å². The number of nitrogens with zero attached hydrogens (tertiary/aromatic N) is 1. The number of halogens is 2. The smallest absolute Gasteiger partial charge is 0.338 e. The monoisotopic (exact) mass is 409 g/mol. The minimum Gasteiger partial charge on any atom is -0.454 e. The maximum Gasteiger partial charge on any atom is 0.338 e. The average Bonchev–Trinajstić information content (AvgIpc) is 3.24. The number of ether oxygens (including phenoxy) is 1. The molecule has 3 rings (SSSR count). The molecule has 0 N–H and O–H groups in total. The van der Waals surface area contributed by atoms with Crippen molar-refractivity contribution in [1.82, 2.24) is 4.31 Å². The molecule has 0 amide bonds. The van der Waals surface area contributed by atoms with E-state index in [1.54, 1.807) is 0 Å².